The van der Waals surface area contributed by atoms with Crippen molar-refractivity contribution in [1.29, 1.82) is 0 Å². The van der Waals surface area contributed by atoms with Crippen LogP contribution in [0, 0.1) is 5.92 Å². The summed E-state index contributed by atoms with van der Waals surface area (Å²) in [5, 5.41) is 2.87. The molecule has 3 nitrogen and oxygen atoms in total. The summed E-state index contributed by atoms with van der Waals surface area (Å²) in [6.07, 6.45) is 0.929. The van der Waals surface area contributed by atoms with E-state index in [-0.39, 0.29) is 23.4 Å². The molecule has 0 aliphatic heterocycles. The van der Waals surface area contributed by atoms with Crippen molar-refractivity contribution in [2.45, 2.75) is 52.6 Å². The Kier molecular flexibility index (Phi) is 4.40. The number of amides is 1. The number of hydrogen-bond donors (Lipinski definition) is 2. The van der Waals surface area contributed by atoms with Gasteiger partial charge in [0, 0.05) is 5.54 Å². The highest BCUT2D eigenvalue weighted by molar-refractivity contribution is 5.82. The lowest BCUT2D eigenvalue weighted by molar-refractivity contribution is -0.124. The van der Waals surface area contributed by atoms with E-state index in [2.05, 4.69) is 5.32 Å². The number of carbonyl (C=O) groups is 1. The van der Waals surface area contributed by atoms with Crippen molar-refractivity contribution in [1.82, 2.24) is 5.32 Å². The maximum Gasteiger partial charge on any atom is 0.237 e. The number of nitrogens with one attached hydrogen (secondary N) is 1. The van der Waals surface area contributed by atoms with E-state index in [4.69, 9.17) is 5.73 Å². The zero-order valence-electron chi connectivity index (χ0n) is 9.35. The number of hydrogen-bond acceptors (Lipinski definition) is 2. The Morgan fingerprint density at radius 3 is 2.23 bits per heavy atom. The van der Waals surface area contributed by atoms with Crippen LogP contribution in [0.4, 0.5) is 0 Å². The molecule has 0 fully saturated rings. The smallest absolute Gasteiger partial charge is 0.237 e. The topological polar surface area (TPSA) is 55.1 Å². The molecule has 0 unspecified atom stereocenters. The van der Waals surface area contributed by atoms with Crippen LogP contribution in [0.25, 0.3) is 0 Å². The molecule has 13 heavy (non-hydrogen) atoms. The van der Waals surface area contributed by atoms with Crippen molar-refractivity contribution in [2.24, 2.45) is 11.7 Å². The first-order chi connectivity index (χ1) is 5.78. The number of nitrogens with two attached hydrogens (primary N) is 1. The Bertz CT molecular complexity index is 172. The van der Waals surface area contributed by atoms with Gasteiger partial charge in [-0.2, -0.15) is 0 Å². The Morgan fingerprint density at radius 1 is 1.46 bits per heavy atom. The molecule has 0 aromatic rings. The molecule has 2 atom stereocenters. The molecule has 0 spiro atoms. The molecule has 0 aromatic heterocycles. The predicted molar refractivity (Wildman–Crippen MR) is 55.3 cm³/mol. The third-order valence-electron chi connectivity index (χ3n) is 2.06. The molecule has 0 aliphatic rings. The van der Waals surface area contributed by atoms with Gasteiger partial charge in [0.1, 0.15) is 0 Å². The van der Waals surface area contributed by atoms with Crippen LogP contribution in [-0.4, -0.2) is 17.5 Å². The van der Waals surface area contributed by atoms with Gasteiger partial charge in [-0.25, -0.2) is 0 Å². The van der Waals surface area contributed by atoms with Crippen molar-refractivity contribution in [3.05, 3.63) is 0 Å². The quantitative estimate of drug-likeness (QED) is 0.697. The molecule has 0 saturated carbocycles. The van der Waals surface area contributed by atoms with Gasteiger partial charge in [0.25, 0.3) is 0 Å². The standard InChI is InChI=1S/C10H22N2O/c1-6-7(2)8(11)9(13)12-10(3,4)5/h7-8H,6,11H2,1-5H3,(H,12,13)/t7-,8-/m0/s1. The summed E-state index contributed by atoms with van der Waals surface area (Å²) < 4.78 is 0. The molecule has 0 bridgehead atoms. The summed E-state index contributed by atoms with van der Waals surface area (Å²) in [5.41, 5.74) is 5.57. The Morgan fingerprint density at radius 2 is 1.92 bits per heavy atom. The zero-order valence-corrected chi connectivity index (χ0v) is 9.35. The maximum atomic E-state index is 11.5. The summed E-state index contributed by atoms with van der Waals surface area (Å²) in [6, 6.07) is -0.385. The minimum Gasteiger partial charge on any atom is -0.350 e. The van der Waals surface area contributed by atoms with Crippen LogP contribution in [0.5, 0.6) is 0 Å². The van der Waals surface area contributed by atoms with Crippen molar-refractivity contribution in [2.75, 3.05) is 0 Å². The van der Waals surface area contributed by atoms with Crippen LogP contribution in [0.3, 0.4) is 0 Å². The highest BCUT2D eigenvalue weighted by Crippen LogP contribution is 2.07. The fourth-order valence-electron chi connectivity index (χ4n) is 0.965. The van der Waals surface area contributed by atoms with Crippen LogP contribution in [-0.2, 0) is 4.79 Å². The van der Waals surface area contributed by atoms with Crippen molar-refractivity contribution in [3.63, 3.8) is 0 Å². The van der Waals surface area contributed by atoms with Crippen molar-refractivity contribution >= 4 is 5.91 Å². The molecule has 0 rings (SSSR count). The van der Waals surface area contributed by atoms with Crippen LogP contribution in [0.15, 0.2) is 0 Å². The van der Waals surface area contributed by atoms with Crippen molar-refractivity contribution in [3.8, 4) is 0 Å². The number of rotatable bonds is 3. The normalized spacial score (nSPS) is 16.5. The first-order valence-electron chi connectivity index (χ1n) is 4.85. The highest BCUT2D eigenvalue weighted by atomic mass is 16.2. The minimum atomic E-state index is -0.385. The molecule has 78 valence electrons. The lowest BCUT2D eigenvalue weighted by atomic mass is 9.98. The summed E-state index contributed by atoms with van der Waals surface area (Å²) in [4.78, 5) is 11.5. The van der Waals surface area contributed by atoms with E-state index >= 15 is 0 Å². The van der Waals surface area contributed by atoms with Gasteiger partial charge in [-0.1, -0.05) is 20.3 Å². The van der Waals surface area contributed by atoms with Gasteiger partial charge in [-0.15, -0.1) is 0 Å². The van der Waals surface area contributed by atoms with Gasteiger partial charge in [0.2, 0.25) is 5.91 Å². The van der Waals surface area contributed by atoms with E-state index in [9.17, 15) is 4.79 Å². The summed E-state index contributed by atoms with van der Waals surface area (Å²) in [6.45, 7) is 9.89. The van der Waals surface area contributed by atoms with E-state index in [0.717, 1.165) is 6.42 Å². The third-order valence-corrected chi connectivity index (χ3v) is 2.06. The largest absolute Gasteiger partial charge is 0.350 e. The first kappa shape index (κ1) is 12.4. The average molecular weight is 186 g/mol. The predicted octanol–water partition coefficient (Wildman–Crippen LogP) is 1.27. The Hall–Kier alpha value is -0.570. The third kappa shape index (κ3) is 4.88. The van der Waals surface area contributed by atoms with Gasteiger partial charge in [-0.3, -0.25) is 4.79 Å². The van der Waals surface area contributed by atoms with Gasteiger partial charge in [0.05, 0.1) is 6.04 Å². The average Bonchev–Trinajstić information content (AvgIpc) is 1.98. The maximum absolute atomic E-state index is 11.5. The second-order valence-corrected chi connectivity index (χ2v) is 4.65. The summed E-state index contributed by atoms with van der Waals surface area (Å²) >= 11 is 0. The molecule has 0 heterocycles. The van der Waals surface area contributed by atoms with Crippen LogP contribution < -0.4 is 11.1 Å². The Labute approximate surface area is 81.1 Å². The summed E-state index contributed by atoms with van der Waals surface area (Å²) in [5.74, 6) is 0.184. The molecule has 0 aromatic carbocycles. The molecule has 0 radical (unpaired) electrons. The van der Waals surface area contributed by atoms with E-state index in [1.807, 2.05) is 34.6 Å². The second-order valence-electron chi connectivity index (χ2n) is 4.65. The van der Waals surface area contributed by atoms with E-state index in [1.165, 1.54) is 0 Å². The second kappa shape index (κ2) is 4.61. The SMILES string of the molecule is CC[C@H](C)[C@H](N)C(=O)NC(C)(C)C. The van der Waals surface area contributed by atoms with E-state index < -0.39 is 0 Å². The fourth-order valence-corrected chi connectivity index (χ4v) is 0.965. The lowest BCUT2D eigenvalue weighted by Gasteiger charge is -2.25. The van der Waals surface area contributed by atoms with Gasteiger partial charge in [0.15, 0.2) is 0 Å². The number of carbonyl (C=O) groups excluding carboxylic acids is 1. The summed E-state index contributed by atoms with van der Waals surface area (Å²) in [7, 11) is 0. The molecule has 1 amide bonds. The van der Waals surface area contributed by atoms with Gasteiger partial charge in [-0.05, 0) is 26.7 Å². The molecule has 3 heteroatoms. The van der Waals surface area contributed by atoms with Gasteiger partial charge >= 0.3 is 0 Å². The van der Waals surface area contributed by atoms with E-state index in [1.54, 1.807) is 0 Å². The van der Waals surface area contributed by atoms with Crippen LogP contribution >= 0.6 is 0 Å². The lowest BCUT2D eigenvalue weighted by Crippen LogP contribution is -2.51. The molecule has 0 aliphatic carbocycles. The van der Waals surface area contributed by atoms with Gasteiger partial charge < -0.3 is 11.1 Å². The van der Waals surface area contributed by atoms with Crippen LogP contribution in [0.2, 0.25) is 0 Å². The monoisotopic (exact) mass is 186 g/mol. The molecular weight excluding hydrogens is 164 g/mol. The zero-order chi connectivity index (χ0) is 10.6. The fraction of sp³-hybridized carbons (Fsp3) is 0.900. The Balaban J connectivity index is 4.12. The highest BCUT2D eigenvalue weighted by Gasteiger charge is 2.22. The van der Waals surface area contributed by atoms with Crippen molar-refractivity contribution < 1.29 is 4.79 Å². The van der Waals surface area contributed by atoms with Crippen LogP contribution in [0.1, 0.15) is 41.0 Å². The first-order valence-corrected chi connectivity index (χ1v) is 4.85. The molecule has 0 saturated heterocycles. The molecule has 3 N–H and O–H groups in total. The minimum absolute atomic E-state index is 0.0538. The van der Waals surface area contributed by atoms with E-state index in [0.29, 0.717) is 0 Å². The molecular formula is C10H22N2O.